The van der Waals surface area contributed by atoms with Crippen LogP contribution >= 0.6 is 11.3 Å². The fraction of sp³-hybridized carbons (Fsp3) is 0.583. The predicted molar refractivity (Wildman–Crippen MR) is 62.9 cm³/mol. The first-order chi connectivity index (χ1) is 8.50. The highest BCUT2D eigenvalue weighted by atomic mass is 32.1. The third-order valence-corrected chi connectivity index (χ3v) is 3.73. The van der Waals surface area contributed by atoms with Gasteiger partial charge in [-0.25, -0.2) is 0 Å². The van der Waals surface area contributed by atoms with E-state index in [1.54, 1.807) is 4.90 Å². The normalized spacial score (nSPS) is 17.7. The van der Waals surface area contributed by atoms with Crippen LogP contribution in [0.3, 0.4) is 0 Å². The van der Waals surface area contributed by atoms with E-state index in [0.717, 1.165) is 18.4 Å². The van der Waals surface area contributed by atoms with Gasteiger partial charge in [0.25, 0.3) is 0 Å². The number of alkyl halides is 3. The smallest absolute Gasteiger partial charge is 0.294 e. The summed E-state index contributed by atoms with van der Waals surface area (Å²) in [5, 5.41) is 12.5. The first kappa shape index (κ1) is 13.4. The summed E-state index contributed by atoms with van der Waals surface area (Å²) in [6.45, 7) is 0.281. The lowest BCUT2D eigenvalue weighted by atomic mass is 10.1. The molecule has 1 atom stereocenters. The molecule has 1 aromatic rings. The van der Waals surface area contributed by atoms with Crippen molar-refractivity contribution in [3.8, 4) is 6.07 Å². The average Bonchev–Trinajstić information content (AvgIpc) is 3.01. The van der Waals surface area contributed by atoms with E-state index in [4.69, 9.17) is 5.26 Å². The zero-order valence-electron chi connectivity index (χ0n) is 9.65. The van der Waals surface area contributed by atoms with E-state index >= 15 is 0 Å². The minimum atomic E-state index is -4.43. The van der Waals surface area contributed by atoms with Gasteiger partial charge in [0.2, 0.25) is 0 Å². The number of nitriles is 1. The van der Waals surface area contributed by atoms with Gasteiger partial charge in [0.05, 0.1) is 6.07 Å². The highest BCUT2D eigenvalue weighted by Gasteiger charge is 2.43. The van der Waals surface area contributed by atoms with E-state index in [1.807, 2.05) is 16.8 Å². The van der Waals surface area contributed by atoms with Gasteiger partial charge < -0.3 is 0 Å². The average molecular weight is 274 g/mol. The lowest BCUT2D eigenvalue weighted by Gasteiger charge is -2.25. The van der Waals surface area contributed by atoms with E-state index in [2.05, 4.69) is 0 Å². The molecule has 1 saturated carbocycles. The van der Waals surface area contributed by atoms with Crippen molar-refractivity contribution < 1.29 is 13.2 Å². The SMILES string of the molecule is N#CC(CN(Cc1ccsc1)C1CC1)C(F)(F)F. The Kier molecular flexibility index (Phi) is 3.93. The first-order valence-electron chi connectivity index (χ1n) is 5.72. The van der Waals surface area contributed by atoms with Gasteiger partial charge in [-0.3, -0.25) is 4.90 Å². The Morgan fingerprint density at radius 3 is 2.67 bits per heavy atom. The van der Waals surface area contributed by atoms with Crippen LogP contribution in [0, 0.1) is 17.2 Å². The molecule has 1 fully saturated rings. The zero-order chi connectivity index (χ0) is 13.2. The second-order valence-electron chi connectivity index (χ2n) is 4.52. The fourth-order valence-electron chi connectivity index (χ4n) is 1.85. The van der Waals surface area contributed by atoms with Crippen molar-refractivity contribution in [1.82, 2.24) is 4.90 Å². The molecule has 0 aliphatic heterocycles. The summed E-state index contributed by atoms with van der Waals surface area (Å²) in [5.74, 6) is -1.89. The second kappa shape index (κ2) is 5.29. The van der Waals surface area contributed by atoms with Crippen LogP contribution in [-0.2, 0) is 6.54 Å². The van der Waals surface area contributed by atoms with E-state index in [1.165, 1.54) is 17.4 Å². The van der Waals surface area contributed by atoms with Crippen molar-refractivity contribution in [1.29, 1.82) is 5.26 Å². The Labute approximate surface area is 108 Å². The molecule has 1 aliphatic rings. The number of hydrogen-bond acceptors (Lipinski definition) is 3. The molecular formula is C12H13F3N2S. The molecule has 98 valence electrons. The van der Waals surface area contributed by atoms with Crippen molar-refractivity contribution in [3.63, 3.8) is 0 Å². The van der Waals surface area contributed by atoms with E-state index in [0.29, 0.717) is 6.54 Å². The highest BCUT2D eigenvalue weighted by Crippen LogP contribution is 2.33. The van der Waals surface area contributed by atoms with E-state index < -0.39 is 12.1 Å². The third kappa shape index (κ3) is 3.47. The number of halogens is 3. The van der Waals surface area contributed by atoms with Crippen LogP contribution in [0.1, 0.15) is 18.4 Å². The van der Waals surface area contributed by atoms with Crippen molar-refractivity contribution >= 4 is 11.3 Å². The van der Waals surface area contributed by atoms with E-state index in [9.17, 15) is 13.2 Å². The minimum Gasteiger partial charge on any atom is -0.294 e. The summed E-state index contributed by atoms with van der Waals surface area (Å²) in [7, 11) is 0. The molecule has 0 spiro atoms. The maximum Gasteiger partial charge on any atom is 0.405 e. The van der Waals surface area contributed by atoms with Gasteiger partial charge in [0.15, 0.2) is 5.92 Å². The molecule has 0 radical (unpaired) electrons. The maximum absolute atomic E-state index is 12.6. The second-order valence-corrected chi connectivity index (χ2v) is 5.30. The standard InChI is InChI=1S/C12H13F3N2S/c13-12(14,15)10(5-16)7-17(11-1-2-11)6-9-3-4-18-8-9/h3-4,8,10-11H,1-2,6-7H2. The predicted octanol–water partition coefficient (Wildman–Crippen LogP) is 3.41. The summed E-state index contributed by atoms with van der Waals surface area (Å²) in [6, 6.07) is 3.49. The van der Waals surface area contributed by atoms with Gasteiger partial charge in [-0.1, -0.05) is 0 Å². The van der Waals surface area contributed by atoms with Gasteiger partial charge in [-0.15, -0.1) is 0 Å². The topological polar surface area (TPSA) is 27.0 Å². The van der Waals surface area contributed by atoms with Crippen molar-refractivity contribution in [2.45, 2.75) is 31.6 Å². The monoisotopic (exact) mass is 274 g/mol. The molecular weight excluding hydrogens is 261 g/mol. The lowest BCUT2D eigenvalue weighted by Crippen LogP contribution is -2.37. The molecule has 2 nitrogen and oxygen atoms in total. The molecule has 0 bridgehead atoms. The minimum absolute atomic E-state index is 0.211. The summed E-state index contributed by atoms with van der Waals surface area (Å²) in [5.41, 5.74) is 1.02. The number of hydrogen-bond donors (Lipinski definition) is 0. The van der Waals surface area contributed by atoms with Crippen LogP contribution in [0.5, 0.6) is 0 Å². The summed E-state index contributed by atoms with van der Waals surface area (Å²) in [4.78, 5) is 1.78. The van der Waals surface area contributed by atoms with Crippen LogP contribution in [0.15, 0.2) is 16.8 Å². The molecule has 0 N–H and O–H groups in total. The summed E-state index contributed by atoms with van der Waals surface area (Å²) in [6.07, 6.45) is -2.57. The lowest BCUT2D eigenvalue weighted by molar-refractivity contribution is -0.163. The van der Waals surface area contributed by atoms with Crippen LogP contribution in [-0.4, -0.2) is 23.7 Å². The van der Waals surface area contributed by atoms with Gasteiger partial charge in [0.1, 0.15) is 0 Å². The summed E-state index contributed by atoms with van der Waals surface area (Å²) < 4.78 is 37.8. The van der Waals surface area contributed by atoms with E-state index in [-0.39, 0.29) is 12.6 Å². The molecule has 18 heavy (non-hydrogen) atoms. The van der Waals surface area contributed by atoms with Crippen molar-refractivity contribution in [2.75, 3.05) is 6.54 Å². The molecule has 0 saturated heterocycles. The quantitative estimate of drug-likeness (QED) is 0.822. The Balaban J connectivity index is 2.00. The molecule has 1 unspecified atom stereocenters. The van der Waals surface area contributed by atoms with Crippen molar-refractivity contribution in [3.05, 3.63) is 22.4 Å². The summed E-state index contributed by atoms with van der Waals surface area (Å²) >= 11 is 1.53. The Morgan fingerprint density at radius 2 is 2.22 bits per heavy atom. The molecule has 1 heterocycles. The third-order valence-electron chi connectivity index (χ3n) is 3.00. The number of nitrogens with zero attached hydrogens (tertiary/aromatic N) is 2. The molecule has 1 aliphatic carbocycles. The highest BCUT2D eigenvalue weighted by molar-refractivity contribution is 7.07. The van der Waals surface area contributed by atoms with Crippen LogP contribution in [0.25, 0.3) is 0 Å². The molecule has 2 rings (SSSR count). The van der Waals surface area contributed by atoms with Crippen LogP contribution < -0.4 is 0 Å². The van der Waals surface area contributed by atoms with Crippen LogP contribution in [0.4, 0.5) is 13.2 Å². The molecule has 6 heteroatoms. The molecule has 0 aromatic carbocycles. The number of thiophene rings is 1. The Hall–Kier alpha value is -1.06. The first-order valence-corrected chi connectivity index (χ1v) is 6.66. The fourth-order valence-corrected chi connectivity index (χ4v) is 2.51. The largest absolute Gasteiger partial charge is 0.405 e. The molecule has 0 amide bonds. The van der Waals surface area contributed by atoms with Gasteiger partial charge in [-0.05, 0) is 35.2 Å². The van der Waals surface area contributed by atoms with Crippen LogP contribution in [0.2, 0.25) is 0 Å². The Morgan fingerprint density at radius 1 is 1.50 bits per heavy atom. The van der Waals surface area contributed by atoms with Gasteiger partial charge in [0, 0.05) is 19.1 Å². The number of rotatable bonds is 5. The van der Waals surface area contributed by atoms with Crippen molar-refractivity contribution in [2.24, 2.45) is 5.92 Å². The van der Waals surface area contributed by atoms with Gasteiger partial charge in [-0.2, -0.15) is 29.8 Å². The zero-order valence-corrected chi connectivity index (χ0v) is 10.5. The molecule has 1 aromatic heterocycles. The Bertz CT molecular complexity index is 418. The maximum atomic E-state index is 12.6. The van der Waals surface area contributed by atoms with Gasteiger partial charge >= 0.3 is 6.18 Å².